The summed E-state index contributed by atoms with van der Waals surface area (Å²) in [5.74, 6) is -1.06. The number of carbonyl (C=O) groups excluding carboxylic acids is 2. The Bertz CT molecular complexity index is 1300. The lowest BCUT2D eigenvalue weighted by atomic mass is 9.70. The minimum atomic E-state index is -1.69. The van der Waals surface area contributed by atoms with E-state index in [1.165, 1.54) is 31.2 Å². The lowest BCUT2D eigenvalue weighted by Crippen LogP contribution is -2.36. The van der Waals surface area contributed by atoms with Crippen molar-refractivity contribution in [1.82, 2.24) is 0 Å². The lowest BCUT2D eigenvalue weighted by Gasteiger charge is -2.26. The van der Waals surface area contributed by atoms with Crippen LogP contribution in [-0.2, 0) is 14.9 Å². The summed E-state index contributed by atoms with van der Waals surface area (Å²) in [6.45, 7) is 3.45. The van der Waals surface area contributed by atoms with Gasteiger partial charge in [0.05, 0.1) is 23.3 Å². The Morgan fingerprint density at radius 2 is 1.63 bits per heavy atom. The average Bonchev–Trinajstić information content (AvgIpc) is 2.89. The molecule has 0 aliphatic carbocycles. The SMILES string of the molecule is CCOC(=O)/C(C)=N/Nc1ccc(C(C#N)(C(=O)c2ccc([N+](=O)[O-])cc2)c2ccccc2)cc1. The number of non-ortho nitro benzene ring substituents is 1. The molecular formula is C26H22N4O5. The van der Waals surface area contributed by atoms with Crippen molar-refractivity contribution in [2.75, 3.05) is 12.0 Å². The Morgan fingerprint density at radius 1 is 1.03 bits per heavy atom. The molecule has 9 nitrogen and oxygen atoms in total. The number of esters is 1. The van der Waals surface area contributed by atoms with Crippen LogP contribution in [0, 0.1) is 21.4 Å². The van der Waals surface area contributed by atoms with E-state index in [-0.39, 0.29) is 23.6 Å². The molecule has 3 rings (SSSR count). The molecule has 1 N–H and O–H groups in total. The molecule has 0 aromatic heterocycles. The van der Waals surface area contributed by atoms with Gasteiger partial charge in [0.25, 0.3) is 5.69 Å². The first-order valence-electron chi connectivity index (χ1n) is 10.7. The van der Waals surface area contributed by atoms with Gasteiger partial charge in [0.2, 0.25) is 0 Å². The molecule has 0 fully saturated rings. The van der Waals surface area contributed by atoms with Crippen LogP contribution in [0.5, 0.6) is 0 Å². The molecule has 3 aromatic carbocycles. The summed E-state index contributed by atoms with van der Waals surface area (Å²) in [4.78, 5) is 35.9. The molecule has 176 valence electrons. The molecule has 0 saturated heterocycles. The number of nitrogens with zero attached hydrogens (tertiary/aromatic N) is 3. The van der Waals surface area contributed by atoms with Crippen LogP contribution in [0.3, 0.4) is 0 Å². The van der Waals surface area contributed by atoms with E-state index in [1.54, 1.807) is 61.5 Å². The number of anilines is 1. The highest BCUT2D eigenvalue weighted by Gasteiger charge is 2.43. The van der Waals surface area contributed by atoms with Crippen LogP contribution in [-0.4, -0.2) is 29.0 Å². The third kappa shape index (κ3) is 5.23. The van der Waals surface area contributed by atoms with Gasteiger partial charge in [0.15, 0.2) is 11.2 Å². The molecular weight excluding hydrogens is 448 g/mol. The molecule has 0 bridgehead atoms. The molecule has 0 aliphatic rings. The number of ether oxygens (including phenoxy) is 1. The molecule has 0 saturated carbocycles. The molecule has 0 spiro atoms. The van der Waals surface area contributed by atoms with Crippen molar-refractivity contribution >= 4 is 28.8 Å². The van der Waals surface area contributed by atoms with Gasteiger partial charge < -0.3 is 4.74 Å². The predicted octanol–water partition coefficient (Wildman–Crippen LogP) is 4.64. The van der Waals surface area contributed by atoms with Gasteiger partial charge in [0, 0.05) is 17.7 Å². The minimum absolute atomic E-state index is 0.139. The zero-order valence-corrected chi connectivity index (χ0v) is 19.1. The second-order valence-electron chi connectivity index (χ2n) is 7.47. The number of carbonyl (C=O) groups is 2. The zero-order chi connectivity index (χ0) is 25.4. The fourth-order valence-electron chi connectivity index (χ4n) is 3.47. The van der Waals surface area contributed by atoms with E-state index in [4.69, 9.17) is 4.74 Å². The first kappa shape index (κ1) is 24.8. The van der Waals surface area contributed by atoms with Crippen molar-refractivity contribution in [3.8, 4) is 6.07 Å². The van der Waals surface area contributed by atoms with E-state index in [0.717, 1.165) is 0 Å². The van der Waals surface area contributed by atoms with Gasteiger partial charge in [-0.2, -0.15) is 10.4 Å². The summed E-state index contributed by atoms with van der Waals surface area (Å²) in [5.41, 5.74) is 2.61. The maximum absolute atomic E-state index is 13.7. The van der Waals surface area contributed by atoms with Crippen molar-refractivity contribution in [3.63, 3.8) is 0 Å². The summed E-state index contributed by atoms with van der Waals surface area (Å²) < 4.78 is 4.89. The molecule has 0 radical (unpaired) electrons. The average molecular weight is 470 g/mol. The van der Waals surface area contributed by atoms with Crippen molar-refractivity contribution in [3.05, 3.63) is 106 Å². The number of benzene rings is 3. The fraction of sp³-hybridized carbons (Fsp3) is 0.154. The first-order valence-corrected chi connectivity index (χ1v) is 10.7. The van der Waals surface area contributed by atoms with E-state index in [9.17, 15) is 25.0 Å². The fourth-order valence-corrected chi connectivity index (χ4v) is 3.47. The van der Waals surface area contributed by atoms with Crippen LogP contribution < -0.4 is 5.43 Å². The summed E-state index contributed by atoms with van der Waals surface area (Å²) in [5, 5.41) is 25.3. The minimum Gasteiger partial charge on any atom is -0.461 e. The molecule has 35 heavy (non-hydrogen) atoms. The largest absolute Gasteiger partial charge is 0.461 e. The second-order valence-corrected chi connectivity index (χ2v) is 7.47. The number of hydrogen-bond acceptors (Lipinski definition) is 8. The number of Topliss-reactive ketones (excluding diaryl/α,β-unsaturated/α-hetero) is 1. The first-order chi connectivity index (χ1) is 16.8. The van der Waals surface area contributed by atoms with Crippen LogP contribution in [0.15, 0.2) is 84.0 Å². The van der Waals surface area contributed by atoms with Gasteiger partial charge in [-0.1, -0.05) is 42.5 Å². The molecule has 0 heterocycles. The third-order valence-electron chi connectivity index (χ3n) is 5.30. The normalized spacial score (nSPS) is 12.7. The Hall–Kier alpha value is -4.84. The van der Waals surface area contributed by atoms with Gasteiger partial charge in [-0.3, -0.25) is 20.3 Å². The van der Waals surface area contributed by atoms with Crippen molar-refractivity contribution in [2.45, 2.75) is 19.3 Å². The van der Waals surface area contributed by atoms with Crippen molar-refractivity contribution < 1.29 is 19.2 Å². The van der Waals surface area contributed by atoms with Crippen molar-refractivity contribution in [1.29, 1.82) is 5.26 Å². The number of ketones is 1. The van der Waals surface area contributed by atoms with E-state index in [2.05, 4.69) is 16.6 Å². The number of nitrogens with one attached hydrogen (secondary N) is 1. The predicted molar refractivity (Wildman–Crippen MR) is 130 cm³/mol. The van der Waals surface area contributed by atoms with Gasteiger partial charge in [-0.15, -0.1) is 0 Å². The molecule has 9 heteroatoms. The molecule has 3 aromatic rings. The Morgan fingerprint density at radius 3 is 2.17 bits per heavy atom. The van der Waals surface area contributed by atoms with Gasteiger partial charge >= 0.3 is 5.97 Å². The Balaban J connectivity index is 2.01. The smallest absolute Gasteiger partial charge is 0.354 e. The summed E-state index contributed by atoms with van der Waals surface area (Å²) >= 11 is 0. The topological polar surface area (TPSA) is 135 Å². The van der Waals surface area contributed by atoms with Crippen LogP contribution in [0.25, 0.3) is 0 Å². The number of rotatable bonds is 9. The number of nitriles is 1. The van der Waals surface area contributed by atoms with Gasteiger partial charge in [-0.25, -0.2) is 4.79 Å². The molecule has 0 amide bonds. The quantitative estimate of drug-likeness (QED) is 0.158. The van der Waals surface area contributed by atoms with Gasteiger partial charge in [0.1, 0.15) is 5.71 Å². The van der Waals surface area contributed by atoms with Crippen LogP contribution in [0.2, 0.25) is 0 Å². The summed E-state index contributed by atoms with van der Waals surface area (Å²) in [7, 11) is 0. The van der Waals surface area contributed by atoms with E-state index >= 15 is 0 Å². The van der Waals surface area contributed by atoms with Crippen LogP contribution in [0.4, 0.5) is 11.4 Å². The number of nitro benzene ring substituents is 1. The molecule has 1 unspecified atom stereocenters. The standard InChI is InChI=1S/C26H22N4O5/c1-3-35-25(32)18(2)28-29-22-13-11-21(12-14-22)26(17-27,20-7-5-4-6-8-20)24(31)19-9-15-23(16-10-19)30(33)34/h4-16,29H,3H2,1-2H3/b28-18+. The van der Waals surface area contributed by atoms with E-state index < -0.39 is 22.1 Å². The third-order valence-corrected chi connectivity index (χ3v) is 5.30. The van der Waals surface area contributed by atoms with Gasteiger partial charge in [-0.05, 0) is 49.2 Å². The summed E-state index contributed by atoms with van der Waals surface area (Å²) in [6, 6.07) is 22.5. The zero-order valence-electron chi connectivity index (χ0n) is 19.1. The van der Waals surface area contributed by atoms with E-state index in [1.807, 2.05) is 0 Å². The highest BCUT2D eigenvalue weighted by atomic mass is 16.6. The Labute approximate surface area is 201 Å². The second kappa shape index (κ2) is 10.9. The summed E-state index contributed by atoms with van der Waals surface area (Å²) in [6.07, 6.45) is 0. The highest BCUT2D eigenvalue weighted by molar-refractivity contribution is 6.35. The maximum atomic E-state index is 13.7. The molecule has 0 aliphatic heterocycles. The van der Waals surface area contributed by atoms with Crippen molar-refractivity contribution in [2.24, 2.45) is 5.10 Å². The van der Waals surface area contributed by atoms with E-state index in [0.29, 0.717) is 16.8 Å². The molecule has 1 atom stereocenters. The Kier molecular flexibility index (Phi) is 7.69. The number of hydrogen-bond donors (Lipinski definition) is 1. The monoisotopic (exact) mass is 470 g/mol. The highest BCUT2D eigenvalue weighted by Crippen LogP contribution is 2.36. The number of hydrazone groups is 1. The van der Waals surface area contributed by atoms with Crippen LogP contribution in [0.1, 0.15) is 35.3 Å². The number of nitro groups is 1. The maximum Gasteiger partial charge on any atom is 0.354 e. The lowest BCUT2D eigenvalue weighted by molar-refractivity contribution is -0.384. The van der Waals surface area contributed by atoms with Crippen LogP contribution >= 0.6 is 0 Å².